The van der Waals surface area contributed by atoms with Crippen LogP contribution in [-0.2, 0) is 19.3 Å². The van der Waals surface area contributed by atoms with Crippen molar-refractivity contribution in [3.63, 3.8) is 0 Å². The number of aromatic nitrogens is 2. The maximum Gasteiger partial charge on any atom is 0.254 e. The van der Waals surface area contributed by atoms with Gasteiger partial charge in [-0.15, -0.1) is 0 Å². The molecule has 0 aliphatic carbocycles. The number of hydrogen-bond donors (Lipinski definition) is 3. The van der Waals surface area contributed by atoms with Gasteiger partial charge >= 0.3 is 0 Å². The van der Waals surface area contributed by atoms with Gasteiger partial charge in [0.05, 0.1) is 11.3 Å². The highest BCUT2D eigenvalue weighted by Crippen LogP contribution is 2.55. The van der Waals surface area contributed by atoms with Gasteiger partial charge in [0, 0.05) is 23.9 Å². The minimum Gasteiger partial charge on any atom is -0.449 e. The van der Waals surface area contributed by atoms with E-state index in [0.717, 1.165) is 59.0 Å². The summed E-state index contributed by atoms with van der Waals surface area (Å²) in [4.78, 5) is 20.3. The molecule has 0 unspecified atom stereocenters. The quantitative estimate of drug-likeness (QED) is 0.422. The SMILES string of the molecule is CCCc1c(NC(=S)NCC)cc2c(c1-c1nc(CC)c(CC)c(=O)[nH]1)O2. The Labute approximate surface area is 164 Å². The summed E-state index contributed by atoms with van der Waals surface area (Å²) in [6.45, 7) is 8.86. The van der Waals surface area contributed by atoms with Gasteiger partial charge in [-0.05, 0) is 44.0 Å². The third kappa shape index (κ3) is 3.83. The first-order valence-electron chi connectivity index (χ1n) is 9.58. The number of aromatic amines is 1. The van der Waals surface area contributed by atoms with Crippen molar-refractivity contribution in [3.8, 4) is 22.9 Å². The molecule has 0 fully saturated rings. The van der Waals surface area contributed by atoms with Gasteiger partial charge in [-0.2, -0.15) is 0 Å². The number of anilines is 1. The van der Waals surface area contributed by atoms with Crippen molar-refractivity contribution in [2.45, 2.75) is 53.4 Å². The molecule has 1 aliphatic rings. The van der Waals surface area contributed by atoms with E-state index in [1.54, 1.807) is 0 Å². The highest BCUT2D eigenvalue weighted by atomic mass is 32.1. The van der Waals surface area contributed by atoms with Crippen LogP contribution in [0.3, 0.4) is 0 Å². The van der Waals surface area contributed by atoms with Crippen LogP contribution in [0, 0.1) is 0 Å². The molecule has 1 aliphatic heterocycles. The Morgan fingerprint density at radius 1 is 1.22 bits per heavy atom. The lowest BCUT2D eigenvalue weighted by Crippen LogP contribution is -2.28. The molecule has 0 atom stereocenters. The maximum absolute atomic E-state index is 12.6. The minimum atomic E-state index is -0.0715. The molecule has 7 heteroatoms. The van der Waals surface area contributed by atoms with Crippen molar-refractivity contribution < 1.29 is 4.74 Å². The van der Waals surface area contributed by atoms with Gasteiger partial charge < -0.3 is 20.4 Å². The Morgan fingerprint density at radius 3 is 2.63 bits per heavy atom. The molecular weight excluding hydrogens is 360 g/mol. The summed E-state index contributed by atoms with van der Waals surface area (Å²) in [6.07, 6.45) is 3.16. The van der Waals surface area contributed by atoms with Crippen LogP contribution in [0.1, 0.15) is 50.9 Å². The Morgan fingerprint density at radius 2 is 2.00 bits per heavy atom. The normalized spacial score (nSPS) is 11.6. The molecule has 6 nitrogen and oxygen atoms in total. The zero-order valence-electron chi connectivity index (χ0n) is 16.3. The van der Waals surface area contributed by atoms with E-state index in [1.807, 2.05) is 26.8 Å². The third-order valence-electron chi connectivity index (χ3n) is 4.64. The number of thiocarbonyl (C=S) groups is 1. The largest absolute Gasteiger partial charge is 0.449 e. The molecule has 2 aromatic rings. The van der Waals surface area contributed by atoms with E-state index in [9.17, 15) is 4.79 Å². The number of nitrogens with one attached hydrogen (secondary N) is 3. The third-order valence-corrected chi connectivity index (χ3v) is 4.88. The molecule has 0 saturated carbocycles. The lowest BCUT2D eigenvalue weighted by Gasteiger charge is -2.15. The summed E-state index contributed by atoms with van der Waals surface area (Å²) in [5.74, 6) is 2.17. The van der Waals surface area contributed by atoms with Crippen LogP contribution in [-0.4, -0.2) is 21.6 Å². The van der Waals surface area contributed by atoms with E-state index in [-0.39, 0.29) is 5.56 Å². The molecule has 0 amide bonds. The molecule has 1 aromatic carbocycles. The van der Waals surface area contributed by atoms with Crippen LogP contribution in [0.25, 0.3) is 11.4 Å². The topological polar surface area (TPSA) is 82.3 Å². The fourth-order valence-corrected chi connectivity index (χ4v) is 3.62. The highest BCUT2D eigenvalue weighted by molar-refractivity contribution is 7.80. The van der Waals surface area contributed by atoms with Crippen LogP contribution in [0.5, 0.6) is 11.5 Å². The first-order chi connectivity index (χ1) is 13.0. The van der Waals surface area contributed by atoms with Crippen LogP contribution in [0.2, 0.25) is 0 Å². The summed E-state index contributed by atoms with van der Waals surface area (Å²) in [5, 5.41) is 6.94. The van der Waals surface area contributed by atoms with Crippen molar-refractivity contribution in [3.05, 3.63) is 33.2 Å². The maximum atomic E-state index is 12.6. The smallest absolute Gasteiger partial charge is 0.254 e. The zero-order valence-corrected chi connectivity index (χ0v) is 17.1. The molecule has 0 bridgehead atoms. The van der Waals surface area contributed by atoms with E-state index in [2.05, 4.69) is 22.5 Å². The van der Waals surface area contributed by atoms with Crippen molar-refractivity contribution in [2.24, 2.45) is 0 Å². The number of benzene rings is 1. The van der Waals surface area contributed by atoms with E-state index in [0.29, 0.717) is 23.8 Å². The monoisotopic (exact) mass is 386 g/mol. The molecule has 2 heterocycles. The van der Waals surface area contributed by atoms with E-state index >= 15 is 0 Å². The Hall–Kier alpha value is -2.41. The Bertz CT molecular complexity index is 937. The van der Waals surface area contributed by atoms with Crippen LogP contribution < -0.4 is 20.9 Å². The number of aryl methyl sites for hydroxylation is 1. The van der Waals surface area contributed by atoms with Crippen molar-refractivity contribution in [1.29, 1.82) is 0 Å². The van der Waals surface area contributed by atoms with E-state index < -0.39 is 0 Å². The fourth-order valence-electron chi connectivity index (χ4n) is 3.36. The molecule has 144 valence electrons. The van der Waals surface area contributed by atoms with Gasteiger partial charge in [-0.3, -0.25) is 4.79 Å². The first kappa shape index (κ1) is 19.4. The lowest BCUT2D eigenvalue weighted by atomic mass is 9.99. The molecule has 0 spiro atoms. The molecule has 27 heavy (non-hydrogen) atoms. The first-order valence-corrected chi connectivity index (χ1v) is 9.99. The Balaban J connectivity index is 2.15. The molecule has 0 saturated heterocycles. The van der Waals surface area contributed by atoms with Gasteiger partial charge in [0.25, 0.3) is 5.56 Å². The van der Waals surface area contributed by atoms with Gasteiger partial charge in [0.2, 0.25) is 0 Å². The van der Waals surface area contributed by atoms with Crippen molar-refractivity contribution in [2.75, 3.05) is 11.9 Å². The van der Waals surface area contributed by atoms with Crippen LogP contribution >= 0.6 is 12.2 Å². The lowest BCUT2D eigenvalue weighted by molar-refractivity contribution is 0.650. The minimum absolute atomic E-state index is 0.0715. The van der Waals surface area contributed by atoms with Gasteiger partial charge in [-0.1, -0.05) is 27.2 Å². The van der Waals surface area contributed by atoms with E-state index in [1.165, 1.54) is 0 Å². The van der Waals surface area contributed by atoms with Crippen LogP contribution in [0.4, 0.5) is 5.69 Å². The predicted molar refractivity (Wildman–Crippen MR) is 113 cm³/mol. The molecule has 3 N–H and O–H groups in total. The Kier molecular flexibility index (Phi) is 5.79. The summed E-state index contributed by atoms with van der Waals surface area (Å²) in [5.41, 5.74) is 4.35. The number of H-pyrrole nitrogens is 1. The van der Waals surface area contributed by atoms with Gasteiger partial charge in [0.1, 0.15) is 5.82 Å². The van der Waals surface area contributed by atoms with Crippen LogP contribution in [0.15, 0.2) is 10.9 Å². The molecule has 1 aromatic heterocycles. The second kappa shape index (κ2) is 8.08. The summed E-state index contributed by atoms with van der Waals surface area (Å²) >= 11 is 5.36. The number of ether oxygens (including phenoxy) is 1. The molecule has 3 rings (SSSR count). The summed E-state index contributed by atoms with van der Waals surface area (Å²) in [6, 6.07) is 1.96. The van der Waals surface area contributed by atoms with Crippen molar-refractivity contribution in [1.82, 2.24) is 15.3 Å². The summed E-state index contributed by atoms with van der Waals surface area (Å²) in [7, 11) is 0. The van der Waals surface area contributed by atoms with Crippen molar-refractivity contribution >= 4 is 23.0 Å². The summed E-state index contributed by atoms with van der Waals surface area (Å²) < 4.78 is 5.70. The van der Waals surface area contributed by atoms with E-state index in [4.69, 9.17) is 21.9 Å². The fraction of sp³-hybridized carbons (Fsp3) is 0.450. The second-order valence-electron chi connectivity index (χ2n) is 6.49. The second-order valence-corrected chi connectivity index (χ2v) is 6.90. The number of hydrogen-bond acceptors (Lipinski definition) is 4. The predicted octanol–water partition coefficient (Wildman–Crippen LogP) is 3.93. The standard InChI is InChI=1S/C20H26N4O2S/c1-5-9-12-14(23-20(27)21-8-4)10-15-17(26-15)16(12)18-22-13(7-3)11(6-2)19(25)24-18/h10H,5-9H2,1-4H3,(H2,21,23,27)(H,22,24,25). The average Bonchev–Trinajstić information content (AvgIpc) is 3.40. The zero-order chi connectivity index (χ0) is 19.6. The highest BCUT2D eigenvalue weighted by Gasteiger charge is 2.32. The average molecular weight is 387 g/mol. The van der Waals surface area contributed by atoms with Gasteiger partial charge in [-0.25, -0.2) is 4.98 Å². The number of fused-ring (bicyclic) bond motifs is 1. The molecular formula is C20H26N4O2S. The molecule has 0 radical (unpaired) electrons. The van der Waals surface area contributed by atoms with Gasteiger partial charge in [0.15, 0.2) is 16.6 Å². The number of rotatable bonds is 7. The number of nitrogens with zero attached hydrogens (tertiary/aromatic N) is 1.